The van der Waals surface area contributed by atoms with Crippen LogP contribution in [0.1, 0.15) is 131 Å². The van der Waals surface area contributed by atoms with Gasteiger partial charge >= 0.3 is 5.97 Å². The number of fused-ring (bicyclic) bond motifs is 7. The molecule has 6 aliphatic rings. The molecule has 1 saturated heterocycles. The van der Waals surface area contributed by atoms with Crippen molar-refractivity contribution in [1.82, 2.24) is 14.9 Å². The number of nitrogens with zero attached hydrogens (tertiary/aromatic N) is 2. The van der Waals surface area contributed by atoms with Crippen molar-refractivity contribution in [3.8, 4) is 11.3 Å². The molecule has 5 saturated carbocycles. The number of rotatable bonds is 9. The van der Waals surface area contributed by atoms with Gasteiger partial charge in [0.1, 0.15) is 11.9 Å². The van der Waals surface area contributed by atoms with Crippen LogP contribution >= 0.6 is 0 Å². The van der Waals surface area contributed by atoms with Crippen LogP contribution in [0.15, 0.2) is 48.7 Å². The van der Waals surface area contributed by atoms with Crippen molar-refractivity contribution >= 4 is 11.9 Å². The molecule has 0 spiro atoms. The molecule has 8 heteroatoms. The fourth-order valence-corrected chi connectivity index (χ4v) is 15.2. The molecular formula is C48H69N3O5. The summed E-state index contributed by atoms with van der Waals surface area (Å²) in [6, 6.07) is 10.1. The topological polar surface area (TPSA) is 93.8 Å². The maximum absolute atomic E-state index is 15.8. The molecule has 56 heavy (non-hydrogen) atoms. The average molecular weight is 768 g/mol. The van der Waals surface area contributed by atoms with Crippen LogP contribution in [0.4, 0.5) is 0 Å². The van der Waals surface area contributed by atoms with E-state index in [1.165, 1.54) is 31.3 Å². The Hall–Kier alpha value is -2.97. The van der Waals surface area contributed by atoms with E-state index < -0.39 is 5.41 Å². The zero-order valence-electron chi connectivity index (χ0n) is 35.6. The Kier molecular flexibility index (Phi) is 10.2. The van der Waals surface area contributed by atoms with Crippen molar-refractivity contribution in [2.24, 2.45) is 56.7 Å². The number of imidazole rings is 1. The van der Waals surface area contributed by atoms with Crippen LogP contribution in [0.2, 0.25) is 0 Å². The average Bonchev–Trinajstić information content (AvgIpc) is 3.91. The predicted octanol–water partition coefficient (Wildman–Crippen LogP) is 9.97. The van der Waals surface area contributed by atoms with E-state index in [1.807, 2.05) is 24.4 Å². The first-order valence-electron chi connectivity index (χ1n) is 22.0. The number of hydrogen-bond acceptors (Lipinski definition) is 6. The standard InChI is InChI=1S/C48H69N3O5/c1-30(2)34-17-22-48(43(53)51-29-33(55-26-25-54-9)27-37(51)42-49-28-36(50-42)32-13-11-10-12-14-32)24-23-46(7)35(41(34)48)15-16-39-45(6)20-19-40(56-31(3)52)44(4,5)38(45)18-21-47(39,46)8/h10-14,28,33-35,37-41H,1,15-27,29H2,2-9H3,(H,49,50)/t33-,34+,35-,37+,38+,39-,40+,41-,45+,46-,47-,48+/m1/s1. The molecule has 8 nitrogen and oxygen atoms in total. The fraction of sp³-hybridized carbons (Fsp3) is 0.729. The van der Waals surface area contributed by atoms with Gasteiger partial charge in [-0.1, -0.05) is 77.1 Å². The Morgan fingerprint density at radius 1 is 0.893 bits per heavy atom. The lowest BCUT2D eigenvalue weighted by molar-refractivity contribution is -0.249. The van der Waals surface area contributed by atoms with Crippen molar-refractivity contribution in [1.29, 1.82) is 0 Å². The lowest BCUT2D eigenvalue weighted by atomic mass is 9.32. The van der Waals surface area contributed by atoms with E-state index in [0.717, 1.165) is 62.0 Å². The van der Waals surface area contributed by atoms with E-state index in [-0.39, 0.29) is 51.8 Å². The van der Waals surface area contributed by atoms with Gasteiger partial charge < -0.3 is 24.1 Å². The Morgan fingerprint density at radius 3 is 2.38 bits per heavy atom. The summed E-state index contributed by atoms with van der Waals surface area (Å²) in [5, 5.41) is 0. The summed E-state index contributed by atoms with van der Waals surface area (Å²) in [6.07, 6.45) is 13.3. The van der Waals surface area contributed by atoms with E-state index in [1.54, 1.807) is 14.0 Å². The highest BCUT2D eigenvalue weighted by atomic mass is 16.5. The van der Waals surface area contributed by atoms with Gasteiger partial charge in [0.25, 0.3) is 0 Å². The summed E-state index contributed by atoms with van der Waals surface area (Å²) in [6.45, 7) is 22.7. The molecule has 1 N–H and O–H groups in total. The minimum atomic E-state index is -0.420. The van der Waals surface area contributed by atoms with Crippen molar-refractivity contribution in [3.63, 3.8) is 0 Å². The molecule has 1 amide bonds. The Bertz CT molecular complexity index is 1810. The van der Waals surface area contributed by atoms with Crippen LogP contribution in [0.5, 0.6) is 0 Å². The molecule has 0 unspecified atom stereocenters. The van der Waals surface area contributed by atoms with E-state index in [9.17, 15) is 4.79 Å². The first-order chi connectivity index (χ1) is 26.6. The maximum Gasteiger partial charge on any atom is 0.302 e. The smallest absolute Gasteiger partial charge is 0.302 e. The summed E-state index contributed by atoms with van der Waals surface area (Å²) < 4.78 is 17.7. The second kappa shape index (κ2) is 14.4. The quantitative estimate of drug-likeness (QED) is 0.155. The number of carbonyl (C=O) groups excluding carboxylic acids is 2. The molecule has 1 aliphatic heterocycles. The van der Waals surface area contributed by atoms with Crippen LogP contribution < -0.4 is 0 Å². The monoisotopic (exact) mass is 768 g/mol. The molecule has 2 aromatic rings. The third kappa shape index (κ3) is 5.99. The molecule has 0 bridgehead atoms. The molecule has 5 aliphatic carbocycles. The Morgan fingerprint density at radius 2 is 1.66 bits per heavy atom. The number of methoxy groups -OCH3 is 1. The summed E-state index contributed by atoms with van der Waals surface area (Å²) in [7, 11) is 1.70. The second-order valence-corrected chi connectivity index (χ2v) is 20.5. The van der Waals surface area contributed by atoms with Gasteiger partial charge in [-0.25, -0.2) is 4.98 Å². The number of allylic oxidation sites excluding steroid dienone is 1. The summed E-state index contributed by atoms with van der Waals surface area (Å²) >= 11 is 0. The molecule has 0 radical (unpaired) electrons. The van der Waals surface area contributed by atoms with Crippen LogP contribution in [-0.2, 0) is 23.8 Å². The Labute approximate surface area is 336 Å². The zero-order chi connectivity index (χ0) is 39.8. The lowest BCUT2D eigenvalue weighted by Gasteiger charge is -2.73. The fourth-order valence-electron chi connectivity index (χ4n) is 15.2. The molecule has 8 rings (SSSR count). The number of ether oxygens (including phenoxy) is 3. The first kappa shape index (κ1) is 39.8. The van der Waals surface area contributed by atoms with Crippen LogP contribution in [0.3, 0.4) is 0 Å². The van der Waals surface area contributed by atoms with Gasteiger partial charge in [-0.2, -0.15) is 0 Å². The van der Waals surface area contributed by atoms with Crippen molar-refractivity contribution in [3.05, 3.63) is 54.5 Å². The van der Waals surface area contributed by atoms with Gasteiger partial charge in [0.05, 0.1) is 42.7 Å². The number of nitrogens with one attached hydrogen (secondary N) is 1. The van der Waals surface area contributed by atoms with E-state index in [0.29, 0.717) is 49.3 Å². The minimum absolute atomic E-state index is 0.0176. The number of aromatic nitrogens is 2. The summed E-state index contributed by atoms with van der Waals surface area (Å²) in [4.78, 5) is 38.8. The largest absolute Gasteiger partial charge is 0.462 e. The van der Waals surface area contributed by atoms with Crippen LogP contribution in [0.25, 0.3) is 11.3 Å². The lowest BCUT2D eigenvalue weighted by Crippen LogP contribution is -2.67. The number of benzene rings is 1. The SMILES string of the molecule is C=C(C)[C@@H]1CC[C@]2(C(=O)N3C[C@H](OCCOC)C[C@H]3c3ncc(-c4ccccc4)[nH]3)CC[C@]3(C)[C@H](CC[C@@H]4[C@@]5(C)CC[C@H](OC(C)=O)C(C)(C)[C@@H]5CC[C@]43C)[C@@H]12. The van der Waals surface area contributed by atoms with Gasteiger partial charge in [0.15, 0.2) is 0 Å². The van der Waals surface area contributed by atoms with Gasteiger partial charge in [0, 0.05) is 32.4 Å². The molecular weight excluding hydrogens is 699 g/mol. The number of esters is 1. The van der Waals surface area contributed by atoms with Gasteiger partial charge in [-0.3, -0.25) is 9.59 Å². The number of hydrogen-bond donors (Lipinski definition) is 1. The van der Waals surface area contributed by atoms with Crippen molar-refractivity contribution in [2.45, 2.75) is 137 Å². The van der Waals surface area contributed by atoms with E-state index in [4.69, 9.17) is 19.2 Å². The van der Waals surface area contributed by atoms with E-state index >= 15 is 4.79 Å². The Balaban J connectivity index is 1.12. The van der Waals surface area contributed by atoms with Crippen LogP contribution in [0, 0.1) is 56.7 Å². The third-order valence-corrected chi connectivity index (χ3v) is 17.9. The van der Waals surface area contributed by atoms with Crippen molar-refractivity contribution in [2.75, 3.05) is 26.9 Å². The number of amides is 1. The first-order valence-corrected chi connectivity index (χ1v) is 22.0. The molecule has 6 fully saturated rings. The predicted molar refractivity (Wildman–Crippen MR) is 219 cm³/mol. The highest BCUT2D eigenvalue weighted by Crippen LogP contribution is 2.78. The highest BCUT2D eigenvalue weighted by Gasteiger charge is 2.72. The van der Waals surface area contributed by atoms with Crippen LogP contribution in [-0.4, -0.2) is 65.8 Å². The second-order valence-electron chi connectivity index (χ2n) is 20.5. The zero-order valence-corrected chi connectivity index (χ0v) is 35.6. The molecule has 1 aromatic heterocycles. The molecule has 1 aromatic carbocycles. The molecule has 2 heterocycles. The van der Waals surface area contributed by atoms with Gasteiger partial charge in [-0.15, -0.1) is 0 Å². The number of likely N-dealkylation sites (tertiary alicyclic amines) is 1. The van der Waals surface area contributed by atoms with Gasteiger partial charge in [-0.05, 0) is 123 Å². The third-order valence-electron chi connectivity index (χ3n) is 17.9. The van der Waals surface area contributed by atoms with Crippen molar-refractivity contribution < 1.29 is 23.8 Å². The minimum Gasteiger partial charge on any atom is -0.462 e. The molecule has 306 valence electrons. The number of aromatic amines is 1. The maximum atomic E-state index is 15.8. The highest BCUT2D eigenvalue weighted by molar-refractivity contribution is 5.85. The summed E-state index contributed by atoms with van der Waals surface area (Å²) in [5.74, 6) is 3.21. The van der Waals surface area contributed by atoms with Gasteiger partial charge in [0.2, 0.25) is 5.91 Å². The normalized spacial score (nSPS) is 41.2. The summed E-state index contributed by atoms with van der Waals surface area (Å²) in [5.41, 5.74) is 3.31. The number of H-pyrrole nitrogens is 1. The molecule has 12 atom stereocenters. The van der Waals surface area contributed by atoms with E-state index in [2.05, 4.69) is 70.1 Å². The number of carbonyl (C=O) groups is 2.